The fourth-order valence-corrected chi connectivity index (χ4v) is 8.92. The second kappa shape index (κ2) is 13.7. The predicted molar refractivity (Wildman–Crippen MR) is 233 cm³/mol. The van der Waals surface area contributed by atoms with Crippen molar-refractivity contribution in [1.82, 2.24) is 0 Å². The van der Waals surface area contributed by atoms with Crippen LogP contribution >= 0.6 is 11.3 Å². The minimum Gasteiger partial charge on any atom is -0.310 e. The van der Waals surface area contributed by atoms with E-state index in [4.69, 9.17) is 0 Å². The van der Waals surface area contributed by atoms with E-state index >= 15 is 0 Å². The molecule has 0 N–H and O–H groups in total. The summed E-state index contributed by atoms with van der Waals surface area (Å²) < 4.78 is 2.60. The number of nitrogens with zero attached hydrogens (tertiary/aromatic N) is 1. The van der Waals surface area contributed by atoms with E-state index in [9.17, 15) is 0 Å². The number of hydrogen-bond donors (Lipinski definition) is 0. The third-order valence-corrected chi connectivity index (χ3v) is 11.6. The van der Waals surface area contributed by atoms with Crippen LogP contribution in [0, 0.1) is 0 Å². The number of rotatable bonds is 7. The third-order valence-electron chi connectivity index (χ3n) is 10.5. The molecule has 0 aliphatic rings. The van der Waals surface area contributed by atoms with Gasteiger partial charge in [-0.1, -0.05) is 164 Å². The second-order valence-corrected chi connectivity index (χ2v) is 14.8. The highest BCUT2D eigenvalue weighted by Crippen LogP contribution is 2.45. The van der Waals surface area contributed by atoms with Crippen molar-refractivity contribution in [2.24, 2.45) is 0 Å². The maximum Gasteiger partial charge on any atom is 0.0540 e. The van der Waals surface area contributed by atoms with Gasteiger partial charge in [0.25, 0.3) is 0 Å². The number of benzene rings is 9. The Bertz CT molecular complexity index is 2930. The standard InChI is InChI=1S/C52H35NS/c1-2-13-36(14-3-1)37-27-29-39(30-28-37)47-22-6-8-25-50(47)53(44-31-32-52-49(35-44)48-23-7-9-26-51(48)54-52)43-20-11-18-41(34-43)40-17-10-19-42(33-40)46-24-12-16-38-15-4-5-21-45(38)46/h1-35H. The van der Waals surface area contributed by atoms with Crippen molar-refractivity contribution in [2.75, 3.05) is 4.90 Å². The zero-order valence-electron chi connectivity index (χ0n) is 29.6. The number of thiophene rings is 1. The summed E-state index contributed by atoms with van der Waals surface area (Å²) in [4.78, 5) is 2.43. The fraction of sp³-hybridized carbons (Fsp3) is 0. The van der Waals surface area contributed by atoms with Gasteiger partial charge in [0.15, 0.2) is 0 Å². The summed E-state index contributed by atoms with van der Waals surface area (Å²) >= 11 is 1.85. The molecule has 10 rings (SSSR count). The van der Waals surface area contributed by atoms with Gasteiger partial charge < -0.3 is 4.90 Å². The molecule has 2 heteroatoms. The minimum atomic E-state index is 1.11. The van der Waals surface area contributed by atoms with Gasteiger partial charge in [-0.15, -0.1) is 11.3 Å². The molecule has 0 saturated heterocycles. The molecule has 0 bridgehead atoms. The Kier molecular flexibility index (Phi) is 8.09. The third kappa shape index (κ3) is 5.84. The van der Waals surface area contributed by atoms with Crippen LogP contribution in [-0.4, -0.2) is 0 Å². The van der Waals surface area contributed by atoms with E-state index in [0.29, 0.717) is 0 Å². The van der Waals surface area contributed by atoms with Gasteiger partial charge in [-0.25, -0.2) is 0 Å². The number of hydrogen-bond acceptors (Lipinski definition) is 2. The molecule has 254 valence electrons. The summed E-state index contributed by atoms with van der Waals surface area (Å²) in [6.45, 7) is 0. The van der Waals surface area contributed by atoms with Crippen LogP contribution in [0.5, 0.6) is 0 Å². The Morgan fingerprint density at radius 3 is 1.76 bits per heavy atom. The van der Waals surface area contributed by atoms with Gasteiger partial charge in [-0.2, -0.15) is 0 Å². The van der Waals surface area contributed by atoms with E-state index in [0.717, 1.165) is 17.1 Å². The minimum absolute atomic E-state index is 1.11. The molecule has 0 unspecified atom stereocenters. The van der Waals surface area contributed by atoms with Crippen molar-refractivity contribution >= 4 is 59.3 Å². The molecule has 0 atom stereocenters. The van der Waals surface area contributed by atoms with Crippen molar-refractivity contribution in [1.29, 1.82) is 0 Å². The Morgan fingerprint density at radius 1 is 0.296 bits per heavy atom. The first kappa shape index (κ1) is 32.0. The van der Waals surface area contributed by atoms with Crippen LogP contribution < -0.4 is 4.90 Å². The lowest BCUT2D eigenvalue weighted by molar-refractivity contribution is 1.29. The van der Waals surface area contributed by atoms with Crippen LogP contribution in [-0.2, 0) is 0 Å². The molecule has 10 aromatic rings. The SMILES string of the molecule is c1ccc(-c2ccc(-c3ccccc3N(c3cccc(-c4cccc(-c5cccc6ccccc56)c4)c3)c3ccc4sc5ccccc5c4c3)cc2)cc1. The molecular formula is C52H35NS. The molecule has 0 aliphatic heterocycles. The fourth-order valence-electron chi connectivity index (χ4n) is 7.83. The van der Waals surface area contributed by atoms with Crippen LogP contribution in [0.3, 0.4) is 0 Å². The molecule has 9 aromatic carbocycles. The average Bonchev–Trinajstić information content (AvgIpc) is 3.62. The molecule has 54 heavy (non-hydrogen) atoms. The normalized spacial score (nSPS) is 11.3. The van der Waals surface area contributed by atoms with E-state index < -0.39 is 0 Å². The molecule has 0 saturated carbocycles. The lowest BCUT2D eigenvalue weighted by Crippen LogP contribution is -2.11. The Labute approximate surface area is 319 Å². The highest BCUT2D eigenvalue weighted by Gasteiger charge is 2.19. The summed E-state index contributed by atoms with van der Waals surface area (Å²) in [5.74, 6) is 0. The van der Waals surface area contributed by atoms with Gasteiger partial charge in [0, 0.05) is 37.1 Å². The molecule has 0 fully saturated rings. The summed E-state index contributed by atoms with van der Waals surface area (Å²) in [6.07, 6.45) is 0. The Balaban J connectivity index is 1.12. The second-order valence-electron chi connectivity index (χ2n) is 13.7. The average molecular weight is 706 g/mol. The lowest BCUT2D eigenvalue weighted by atomic mass is 9.95. The molecule has 0 aliphatic carbocycles. The van der Waals surface area contributed by atoms with Crippen molar-refractivity contribution in [3.63, 3.8) is 0 Å². The maximum atomic E-state index is 2.43. The van der Waals surface area contributed by atoms with Crippen LogP contribution in [0.4, 0.5) is 17.1 Å². The summed E-state index contributed by atoms with van der Waals surface area (Å²) in [7, 11) is 0. The Hall–Kier alpha value is -6.74. The first-order chi connectivity index (χ1) is 26.8. The molecule has 0 radical (unpaired) electrons. The van der Waals surface area contributed by atoms with Gasteiger partial charge in [0.1, 0.15) is 0 Å². The monoisotopic (exact) mass is 705 g/mol. The summed E-state index contributed by atoms with van der Waals surface area (Å²) in [6, 6.07) is 77.2. The summed E-state index contributed by atoms with van der Waals surface area (Å²) in [5, 5.41) is 5.09. The number of fused-ring (bicyclic) bond motifs is 4. The first-order valence-electron chi connectivity index (χ1n) is 18.4. The van der Waals surface area contributed by atoms with E-state index in [2.05, 4.69) is 217 Å². The topological polar surface area (TPSA) is 3.24 Å². The molecule has 1 aromatic heterocycles. The van der Waals surface area contributed by atoms with E-state index in [1.54, 1.807) is 0 Å². The molecule has 1 nitrogen and oxygen atoms in total. The van der Waals surface area contributed by atoms with Crippen LogP contribution in [0.15, 0.2) is 212 Å². The van der Waals surface area contributed by atoms with E-state index in [1.807, 2.05) is 11.3 Å². The Morgan fingerprint density at radius 2 is 0.870 bits per heavy atom. The maximum absolute atomic E-state index is 2.43. The summed E-state index contributed by atoms with van der Waals surface area (Å²) in [5.41, 5.74) is 13.0. The van der Waals surface area contributed by atoms with E-state index in [1.165, 1.54) is 75.5 Å². The lowest BCUT2D eigenvalue weighted by Gasteiger charge is -2.28. The first-order valence-corrected chi connectivity index (χ1v) is 19.2. The zero-order valence-corrected chi connectivity index (χ0v) is 30.4. The zero-order chi connectivity index (χ0) is 35.8. The number of anilines is 3. The van der Waals surface area contributed by atoms with Crippen LogP contribution in [0.1, 0.15) is 0 Å². The van der Waals surface area contributed by atoms with Crippen molar-refractivity contribution in [3.05, 3.63) is 212 Å². The molecule has 0 amide bonds. The van der Waals surface area contributed by atoms with Gasteiger partial charge >= 0.3 is 0 Å². The van der Waals surface area contributed by atoms with Crippen molar-refractivity contribution in [2.45, 2.75) is 0 Å². The van der Waals surface area contributed by atoms with Gasteiger partial charge in [-0.3, -0.25) is 0 Å². The quantitative estimate of drug-likeness (QED) is 0.160. The predicted octanol–water partition coefficient (Wildman–Crippen LogP) is 15.3. The van der Waals surface area contributed by atoms with Gasteiger partial charge in [-0.05, 0) is 98.2 Å². The molecule has 1 heterocycles. The van der Waals surface area contributed by atoms with Crippen molar-refractivity contribution in [3.8, 4) is 44.5 Å². The van der Waals surface area contributed by atoms with Crippen LogP contribution in [0.25, 0.3) is 75.5 Å². The smallest absolute Gasteiger partial charge is 0.0540 e. The van der Waals surface area contributed by atoms with Gasteiger partial charge in [0.2, 0.25) is 0 Å². The molecule has 0 spiro atoms. The van der Waals surface area contributed by atoms with Gasteiger partial charge in [0.05, 0.1) is 5.69 Å². The number of para-hydroxylation sites is 1. The van der Waals surface area contributed by atoms with Crippen molar-refractivity contribution < 1.29 is 0 Å². The highest BCUT2D eigenvalue weighted by molar-refractivity contribution is 7.25. The highest BCUT2D eigenvalue weighted by atomic mass is 32.1. The van der Waals surface area contributed by atoms with Crippen LogP contribution in [0.2, 0.25) is 0 Å². The van der Waals surface area contributed by atoms with E-state index in [-0.39, 0.29) is 0 Å². The largest absolute Gasteiger partial charge is 0.310 e. The molecular weight excluding hydrogens is 671 g/mol.